The highest BCUT2D eigenvalue weighted by molar-refractivity contribution is 5.35. The minimum atomic E-state index is -0.493. The van der Waals surface area contributed by atoms with Gasteiger partial charge in [0.15, 0.2) is 0 Å². The van der Waals surface area contributed by atoms with Crippen molar-refractivity contribution in [2.45, 2.75) is 26.4 Å². The van der Waals surface area contributed by atoms with Gasteiger partial charge in [0.05, 0.1) is 12.8 Å². The van der Waals surface area contributed by atoms with E-state index in [0.717, 1.165) is 11.8 Å². The van der Waals surface area contributed by atoms with Crippen LogP contribution in [0.3, 0.4) is 0 Å². The summed E-state index contributed by atoms with van der Waals surface area (Å²) in [7, 11) is 0. The minimum absolute atomic E-state index is 0.227. The van der Waals surface area contributed by atoms with Crippen LogP contribution in [0.15, 0.2) is 36.5 Å². The number of hydrogen-bond donors (Lipinski definition) is 1. The molecule has 0 aliphatic rings. The second kappa shape index (κ2) is 5.80. The summed E-state index contributed by atoms with van der Waals surface area (Å²) in [5.41, 5.74) is 1.47. The van der Waals surface area contributed by atoms with Gasteiger partial charge in [-0.15, -0.1) is 0 Å². The van der Waals surface area contributed by atoms with Crippen LogP contribution in [0.1, 0.15) is 30.9 Å². The molecule has 0 amide bonds. The highest BCUT2D eigenvalue weighted by Gasteiger charge is 2.08. The maximum atomic E-state index is 13.0. The highest BCUT2D eigenvalue weighted by Crippen LogP contribution is 2.26. The maximum absolute atomic E-state index is 13.0. The van der Waals surface area contributed by atoms with E-state index in [1.165, 1.54) is 6.07 Å². The Labute approximate surface area is 111 Å². The fraction of sp³-hybridized carbons (Fsp3) is 0.267. The van der Waals surface area contributed by atoms with Crippen LogP contribution in [-0.4, -0.2) is 10.1 Å². The van der Waals surface area contributed by atoms with Crippen molar-refractivity contribution >= 4 is 0 Å². The zero-order valence-corrected chi connectivity index (χ0v) is 10.9. The smallest absolute Gasteiger partial charge is 0.224 e. The number of nitrogens with zero attached hydrogens (tertiary/aromatic N) is 1. The Bertz CT molecular complexity index is 570. The van der Waals surface area contributed by atoms with Gasteiger partial charge in [-0.05, 0) is 29.7 Å². The van der Waals surface area contributed by atoms with E-state index < -0.39 is 5.82 Å². The second-order valence-corrected chi connectivity index (χ2v) is 4.61. The molecule has 100 valence electrons. The molecule has 2 rings (SSSR count). The molecular weight excluding hydrogens is 245 g/mol. The van der Waals surface area contributed by atoms with Crippen LogP contribution < -0.4 is 4.74 Å². The van der Waals surface area contributed by atoms with E-state index in [1.807, 2.05) is 18.2 Å². The third-order valence-electron chi connectivity index (χ3n) is 2.80. The van der Waals surface area contributed by atoms with Crippen molar-refractivity contribution in [3.05, 3.63) is 53.5 Å². The van der Waals surface area contributed by atoms with Crippen molar-refractivity contribution in [1.29, 1.82) is 0 Å². The highest BCUT2D eigenvalue weighted by atomic mass is 19.1. The number of pyridine rings is 1. The summed E-state index contributed by atoms with van der Waals surface area (Å²) in [6.45, 7) is 3.87. The van der Waals surface area contributed by atoms with Crippen molar-refractivity contribution in [3.8, 4) is 11.6 Å². The number of ether oxygens (including phenoxy) is 1. The number of benzene rings is 1. The molecule has 0 saturated carbocycles. The minimum Gasteiger partial charge on any atom is -0.439 e. The van der Waals surface area contributed by atoms with Gasteiger partial charge < -0.3 is 9.84 Å². The van der Waals surface area contributed by atoms with E-state index in [4.69, 9.17) is 4.74 Å². The summed E-state index contributed by atoms with van der Waals surface area (Å²) in [5, 5.41) is 9.18. The van der Waals surface area contributed by atoms with E-state index >= 15 is 0 Å². The van der Waals surface area contributed by atoms with Crippen LogP contribution in [0.2, 0.25) is 0 Å². The van der Waals surface area contributed by atoms with Gasteiger partial charge in [-0.1, -0.05) is 26.0 Å². The lowest BCUT2D eigenvalue weighted by molar-refractivity contribution is 0.274. The molecule has 0 atom stereocenters. The number of halogens is 1. The molecule has 0 fully saturated rings. The molecule has 1 heterocycles. The van der Waals surface area contributed by atoms with E-state index in [1.54, 1.807) is 6.07 Å². The molecule has 1 aromatic carbocycles. The fourth-order valence-electron chi connectivity index (χ4n) is 1.72. The van der Waals surface area contributed by atoms with Gasteiger partial charge in [-0.3, -0.25) is 0 Å². The van der Waals surface area contributed by atoms with Crippen LogP contribution in [0.25, 0.3) is 0 Å². The Morgan fingerprint density at radius 3 is 2.79 bits per heavy atom. The first-order valence-corrected chi connectivity index (χ1v) is 6.13. The van der Waals surface area contributed by atoms with Crippen LogP contribution in [0.4, 0.5) is 4.39 Å². The van der Waals surface area contributed by atoms with E-state index in [2.05, 4.69) is 18.8 Å². The molecule has 19 heavy (non-hydrogen) atoms. The van der Waals surface area contributed by atoms with Crippen molar-refractivity contribution in [1.82, 2.24) is 4.98 Å². The maximum Gasteiger partial charge on any atom is 0.224 e. The molecule has 0 bridgehead atoms. The Kier molecular flexibility index (Phi) is 4.12. The Morgan fingerprint density at radius 2 is 2.11 bits per heavy atom. The van der Waals surface area contributed by atoms with Gasteiger partial charge in [-0.2, -0.15) is 0 Å². The summed E-state index contributed by atoms with van der Waals surface area (Å²) >= 11 is 0. The Balaban J connectivity index is 2.28. The first kappa shape index (κ1) is 13.5. The van der Waals surface area contributed by atoms with Crippen LogP contribution in [0.5, 0.6) is 11.6 Å². The summed E-state index contributed by atoms with van der Waals surface area (Å²) in [5.74, 6) is 0.749. The standard InChI is InChI=1S/C15H16FNO2/c1-10(2)11-4-3-5-14(7-11)19-15-12(9-18)6-13(16)8-17-15/h3-8,10,18H,9H2,1-2H3. The average molecular weight is 261 g/mol. The first-order valence-electron chi connectivity index (χ1n) is 6.13. The third kappa shape index (κ3) is 3.29. The van der Waals surface area contributed by atoms with Gasteiger partial charge in [0.1, 0.15) is 11.6 Å². The molecule has 2 aromatic rings. The Morgan fingerprint density at radius 1 is 1.32 bits per heavy atom. The molecular formula is C15H16FNO2. The number of hydrogen-bond acceptors (Lipinski definition) is 3. The van der Waals surface area contributed by atoms with Crippen molar-refractivity contribution in [2.75, 3.05) is 0 Å². The molecule has 0 aliphatic carbocycles. The average Bonchev–Trinajstić information content (AvgIpc) is 2.41. The quantitative estimate of drug-likeness (QED) is 0.913. The normalized spacial score (nSPS) is 10.8. The van der Waals surface area contributed by atoms with Crippen molar-refractivity contribution in [3.63, 3.8) is 0 Å². The molecule has 3 nitrogen and oxygen atoms in total. The molecule has 0 saturated heterocycles. The molecule has 0 aliphatic heterocycles. The van der Waals surface area contributed by atoms with Gasteiger partial charge >= 0.3 is 0 Å². The molecule has 0 spiro atoms. The summed E-state index contributed by atoms with van der Waals surface area (Å²) in [4.78, 5) is 3.86. The fourth-order valence-corrected chi connectivity index (χ4v) is 1.72. The largest absolute Gasteiger partial charge is 0.439 e. The van der Waals surface area contributed by atoms with Crippen molar-refractivity contribution < 1.29 is 14.2 Å². The van der Waals surface area contributed by atoms with Crippen LogP contribution in [0, 0.1) is 5.82 Å². The number of aliphatic hydroxyl groups excluding tert-OH is 1. The summed E-state index contributed by atoms with van der Waals surface area (Å²) in [6, 6.07) is 8.85. The molecule has 0 unspecified atom stereocenters. The van der Waals surface area contributed by atoms with Gasteiger partial charge in [0.25, 0.3) is 0 Å². The van der Waals surface area contributed by atoms with E-state index in [0.29, 0.717) is 17.2 Å². The monoisotopic (exact) mass is 261 g/mol. The predicted octanol–water partition coefficient (Wildman–Crippen LogP) is 3.63. The van der Waals surface area contributed by atoms with Gasteiger partial charge in [0.2, 0.25) is 5.88 Å². The van der Waals surface area contributed by atoms with Crippen molar-refractivity contribution in [2.24, 2.45) is 0 Å². The van der Waals surface area contributed by atoms with E-state index in [9.17, 15) is 9.50 Å². The molecule has 4 heteroatoms. The summed E-state index contributed by atoms with van der Waals surface area (Å²) < 4.78 is 18.6. The first-order chi connectivity index (χ1) is 9.10. The zero-order valence-electron chi connectivity index (χ0n) is 10.9. The lowest BCUT2D eigenvalue weighted by atomic mass is 10.0. The Hall–Kier alpha value is -1.94. The lowest BCUT2D eigenvalue weighted by Gasteiger charge is -2.11. The van der Waals surface area contributed by atoms with Gasteiger partial charge in [0, 0.05) is 5.56 Å². The molecule has 1 N–H and O–H groups in total. The van der Waals surface area contributed by atoms with Crippen LogP contribution in [-0.2, 0) is 6.61 Å². The van der Waals surface area contributed by atoms with E-state index in [-0.39, 0.29) is 12.5 Å². The molecule has 1 aromatic heterocycles. The molecule has 0 radical (unpaired) electrons. The topological polar surface area (TPSA) is 42.4 Å². The zero-order chi connectivity index (χ0) is 13.8. The summed E-state index contributed by atoms with van der Waals surface area (Å²) in [6.07, 6.45) is 1.07. The third-order valence-corrected chi connectivity index (χ3v) is 2.80. The second-order valence-electron chi connectivity index (χ2n) is 4.61. The predicted molar refractivity (Wildman–Crippen MR) is 70.7 cm³/mol. The SMILES string of the molecule is CC(C)c1cccc(Oc2ncc(F)cc2CO)c1. The lowest BCUT2D eigenvalue weighted by Crippen LogP contribution is -1.97. The van der Waals surface area contributed by atoms with Crippen LogP contribution >= 0.6 is 0 Å². The number of rotatable bonds is 4. The number of aromatic nitrogens is 1. The number of aliphatic hydroxyl groups is 1. The van der Waals surface area contributed by atoms with Gasteiger partial charge in [-0.25, -0.2) is 9.37 Å².